The first-order valence-corrected chi connectivity index (χ1v) is 7.54. The second-order valence-corrected chi connectivity index (χ2v) is 5.74. The number of hydrogen-bond acceptors (Lipinski definition) is 2. The minimum atomic E-state index is 0.163. The van der Waals surface area contributed by atoms with E-state index in [-0.39, 0.29) is 6.04 Å². The molecule has 0 aliphatic carbocycles. The third-order valence-electron chi connectivity index (χ3n) is 2.93. The molecule has 0 fully saturated rings. The molecule has 0 spiro atoms. The Bertz CT molecular complexity index is 513. The first-order chi connectivity index (χ1) is 9.20. The molecule has 1 heterocycles. The van der Waals surface area contributed by atoms with Crippen LogP contribution in [-0.2, 0) is 6.42 Å². The molecule has 19 heavy (non-hydrogen) atoms. The number of nitrogens with zero attached hydrogens (tertiary/aromatic N) is 1. The predicted octanol–water partition coefficient (Wildman–Crippen LogP) is 4.11. The van der Waals surface area contributed by atoms with Crippen molar-refractivity contribution in [2.75, 3.05) is 6.54 Å². The van der Waals surface area contributed by atoms with Crippen molar-refractivity contribution in [2.45, 2.75) is 25.8 Å². The van der Waals surface area contributed by atoms with Gasteiger partial charge in [-0.05, 0) is 36.7 Å². The molecule has 3 nitrogen and oxygen atoms in total. The van der Waals surface area contributed by atoms with Crippen LogP contribution in [0.25, 0.3) is 0 Å². The molecule has 2 N–H and O–H groups in total. The minimum absolute atomic E-state index is 0.163. The molecule has 2 rings (SSSR count). The maximum absolute atomic E-state index is 6.32. The normalized spacial score (nSPS) is 12.6. The summed E-state index contributed by atoms with van der Waals surface area (Å²) in [5.74, 6) is 0.963. The van der Waals surface area contributed by atoms with Crippen molar-refractivity contribution in [3.63, 3.8) is 0 Å². The van der Waals surface area contributed by atoms with Crippen LogP contribution in [0.4, 0.5) is 0 Å². The Morgan fingerprint density at radius 1 is 1.47 bits per heavy atom. The van der Waals surface area contributed by atoms with Gasteiger partial charge in [0.05, 0.1) is 0 Å². The van der Waals surface area contributed by atoms with Gasteiger partial charge in [0.2, 0.25) is 0 Å². The van der Waals surface area contributed by atoms with E-state index >= 15 is 0 Å². The molecule has 0 radical (unpaired) electrons. The Hall–Kier alpha value is -0.840. The molecule has 5 heteroatoms. The van der Waals surface area contributed by atoms with E-state index in [4.69, 9.17) is 11.6 Å². The number of halogens is 2. The Morgan fingerprint density at radius 3 is 3.00 bits per heavy atom. The second-order valence-electron chi connectivity index (χ2n) is 4.41. The molecular formula is C14H17BrClN3. The van der Waals surface area contributed by atoms with Gasteiger partial charge in [0.1, 0.15) is 5.82 Å². The number of aromatic amines is 1. The Balaban J connectivity index is 2.23. The lowest BCUT2D eigenvalue weighted by atomic mass is 10.0. The monoisotopic (exact) mass is 341 g/mol. The van der Waals surface area contributed by atoms with Gasteiger partial charge in [-0.1, -0.05) is 34.5 Å². The average molecular weight is 343 g/mol. The van der Waals surface area contributed by atoms with E-state index < -0.39 is 0 Å². The van der Waals surface area contributed by atoms with Gasteiger partial charge in [0.25, 0.3) is 0 Å². The lowest BCUT2D eigenvalue weighted by Gasteiger charge is -2.19. The van der Waals surface area contributed by atoms with Crippen molar-refractivity contribution >= 4 is 27.5 Å². The summed E-state index contributed by atoms with van der Waals surface area (Å²) in [6, 6.07) is 6.11. The molecule has 0 saturated heterocycles. The van der Waals surface area contributed by atoms with E-state index in [0.717, 1.165) is 40.3 Å². The van der Waals surface area contributed by atoms with Gasteiger partial charge in [0.15, 0.2) is 0 Å². The molecule has 1 unspecified atom stereocenters. The van der Waals surface area contributed by atoms with Crippen molar-refractivity contribution in [1.29, 1.82) is 0 Å². The number of rotatable bonds is 6. The molecule has 0 amide bonds. The molecular weight excluding hydrogens is 326 g/mol. The Labute approximate surface area is 126 Å². The highest BCUT2D eigenvalue weighted by atomic mass is 79.9. The van der Waals surface area contributed by atoms with Crippen molar-refractivity contribution in [3.8, 4) is 0 Å². The molecule has 102 valence electrons. The summed E-state index contributed by atoms with van der Waals surface area (Å²) in [5.41, 5.74) is 1.10. The van der Waals surface area contributed by atoms with E-state index in [1.54, 1.807) is 6.20 Å². The topological polar surface area (TPSA) is 40.7 Å². The van der Waals surface area contributed by atoms with E-state index in [2.05, 4.69) is 44.2 Å². The maximum Gasteiger partial charge on any atom is 0.107 e. The summed E-state index contributed by atoms with van der Waals surface area (Å²) >= 11 is 9.82. The second kappa shape index (κ2) is 7.08. The highest BCUT2D eigenvalue weighted by Gasteiger charge is 2.16. The van der Waals surface area contributed by atoms with Crippen molar-refractivity contribution in [1.82, 2.24) is 15.3 Å². The smallest absolute Gasteiger partial charge is 0.107 e. The van der Waals surface area contributed by atoms with Crippen LogP contribution in [0.5, 0.6) is 0 Å². The molecule has 1 atom stereocenters. The number of H-pyrrole nitrogens is 1. The van der Waals surface area contributed by atoms with Crippen LogP contribution < -0.4 is 5.32 Å². The molecule has 0 bridgehead atoms. The van der Waals surface area contributed by atoms with Crippen molar-refractivity contribution in [2.24, 2.45) is 0 Å². The van der Waals surface area contributed by atoms with Gasteiger partial charge in [-0.25, -0.2) is 4.98 Å². The van der Waals surface area contributed by atoms with E-state index in [1.165, 1.54) is 0 Å². The lowest BCUT2D eigenvalue weighted by molar-refractivity contribution is 0.520. The third-order valence-corrected chi connectivity index (χ3v) is 3.76. The largest absolute Gasteiger partial charge is 0.349 e. The van der Waals surface area contributed by atoms with Crippen LogP contribution in [0.1, 0.15) is 30.8 Å². The number of aromatic nitrogens is 2. The average Bonchev–Trinajstić information content (AvgIpc) is 2.90. The molecule has 0 aliphatic heterocycles. The van der Waals surface area contributed by atoms with Crippen LogP contribution in [-0.4, -0.2) is 16.5 Å². The molecule has 1 aromatic carbocycles. The number of benzene rings is 1. The molecule has 0 aliphatic rings. The summed E-state index contributed by atoms with van der Waals surface area (Å²) in [6.07, 6.45) is 5.49. The van der Waals surface area contributed by atoms with Gasteiger partial charge in [0, 0.05) is 34.4 Å². The fraction of sp³-hybridized carbons (Fsp3) is 0.357. The molecule has 2 aromatic rings. The first kappa shape index (κ1) is 14.6. The summed E-state index contributed by atoms with van der Waals surface area (Å²) in [4.78, 5) is 7.43. The number of hydrogen-bond donors (Lipinski definition) is 2. The Morgan fingerprint density at radius 2 is 2.32 bits per heavy atom. The Kier molecular flexibility index (Phi) is 5.43. The van der Waals surface area contributed by atoms with Crippen LogP contribution in [0, 0.1) is 0 Å². The van der Waals surface area contributed by atoms with Gasteiger partial charge in [-0.2, -0.15) is 0 Å². The summed E-state index contributed by atoms with van der Waals surface area (Å²) in [5, 5.41) is 4.31. The van der Waals surface area contributed by atoms with Crippen LogP contribution in [0.15, 0.2) is 35.1 Å². The zero-order chi connectivity index (χ0) is 13.7. The first-order valence-electron chi connectivity index (χ1n) is 6.37. The van der Waals surface area contributed by atoms with Gasteiger partial charge in [-0.3, -0.25) is 0 Å². The highest BCUT2D eigenvalue weighted by molar-refractivity contribution is 9.10. The quantitative estimate of drug-likeness (QED) is 0.829. The van der Waals surface area contributed by atoms with Crippen LogP contribution in [0.2, 0.25) is 5.02 Å². The summed E-state index contributed by atoms with van der Waals surface area (Å²) in [7, 11) is 0. The summed E-state index contributed by atoms with van der Waals surface area (Å²) < 4.78 is 1.04. The molecule has 0 saturated carbocycles. The van der Waals surface area contributed by atoms with Crippen LogP contribution >= 0.6 is 27.5 Å². The maximum atomic E-state index is 6.32. The fourth-order valence-corrected chi connectivity index (χ4v) is 2.62. The van der Waals surface area contributed by atoms with Gasteiger partial charge in [-0.15, -0.1) is 0 Å². The fourth-order valence-electron chi connectivity index (χ4n) is 2.00. The van der Waals surface area contributed by atoms with E-state index in [9.17, 15) is 0 Å². The summed E-state index contributed by atoms with van der Waals surface area (Å²) in [6.45, 7) is 3.10. The SMILES string of the molecule is CCCNC(Cc1ncc[nH]1)c1cc(Br)ccc1Cl. The zero-order valence-electron chi connectivity index (χ0n) is 10.8. The predicted molar refractivity (Wildman–Crippen MR) is 82.5 cm³/mol. The zero-order valence-corrected chi connectivity index (χ0v) is 13.1. The van der Waals surface area contributed by atoms with Gasteiger partial charge >= 0.3 is 0 Å². The number of nitrogens with one attached hydrogen (secondary N) is 2. The van der Waals surface area contributed by atoms with E-state index in [1.807, 2.05) is 18.3 Å². The van der Waals surface area contributed by atoms with Crippen LogP contribution in [0.3, 0.4) is 0 Å². The van der Waals surface area contributed by atoms with E-state index in [0.29, 0.717) is 0 Å². The highest BCUT2D eigenvalue weighted by Crippen LogP contribution is 2.28. The minimum Gasteiger partial charge on any atom is -0.349 e. The van der Waals surface area contributed by atoms with Crippen molar-refractivity contribution < 1.29 is 0 Å². The third kappa shape index (κ3) is 4.06. The van der Waals surface area contributed by atoms with Gasteiger partial charge < -0.3 is 10.3 Å². The lowest BCUT2D eigenvalue weighted by Crippen LogP contribution is -2.24. The molecule has 1 aromatic heterocycles. The van der Waals surface area contributed by atoms with Crippen molar-refractivity contribution in [3.05, 3.63) is 51.5 Å². The number of imidazole rings is 1. The standard InChI is InChI=1S/C14H17BrClN3/c1-2-5-17-13(9-14-18-6-7-19-14)11-8-10(15)3-4-12(11)16/h3-4,6-8,13,17H,2,5,9H2,1H3,(H,18,19).